The van der Waals surface area contributed by atoms with Crippen LogP contribution in [0.25, 0.3) is 0 Å². The van der Waals surface area contributed by atoms with Crippen molar-refractivity contribution < 1.29 is 14.3 Å². The number of halogens is 1. The summed E-state index contributed by atoms with van der Waals surface area (Å²) < 4.78 is 5.81. The summed E-state index contributed by atoms with van der Waals surface area (Å²) in [5.41, 5.74) is 0.991. The van der Waals surface area contributed by atoms with Gasteiger partial charge < -0.3 is 14.5 Å². The smallest absolute Gasteiger partial charge is 0.264 e. The zero-order chi connectivity index (χ0) is 18.1. The van der Waals surface area contributed by atoms with E-state index >= 15 is 0 Å². The van der Waals surface area contributed by atoms with Crippen LogP contribution in [-0.2, 0) is 16.0 Å². The second-order valence-electron chi connectivity index (χ2n) is 7.25. The van der Waals surface area contributed by atoms with Crippen LogP contribution in [0.5, 0.6) is 5.75 Å². The summed E-state index contributed by atoms with van der Waals surface area (Å²) in [5.74, 6) is 0.999. The van der Waals surface area contributed by atoms with Crippen LogP contribution in [0.4, 0.5) is 0 Å². The van der Waals surface area contributed by atoms with E-state index in [0.717, 1.165) is 50.3 Å². The fourth-order valence-electron chi connectivity index (χ4n) is 3.94. The maximum atomic E-state index is 12.8. The fourth-order valence-corrected chi connectivity index (χ4v) is 4.14. The Kier molecular flexibility index (Phi) is 5.05. The summed E-state index contributed by atoms with van der Waals surface area (Å²) in [6, 6.07) is 5.47. The van der Waals surface area contributed by atoms with Gasteiger partial charge in [-0.25, -0.2) is 0 Å². The lowest BCUT2D eigenvalue weighted by Gasteiger charge is -2.35. The van der Waals surface area contributed by atoms with Crippen LogP contribution >= 0.6 is 11.6 Å². The second kappa shape index (κ2) is 7.45. The molecule has 0 aliphatic carbocycles. The molecule has 3 heterocycles. The van der Waals surface area contributed by atoms with Crippen LogP contribution in [0.1, 0.15) is 18.4 Å². The summed E-state index contributed by atoms with van der Waals surface area (Å²) in [6.07, 6.45) is 2.34. The van der Waals surface area contributed by atoms with Crippen molar-refractivity contribution in [3.8, 4) is 5.75 Å². The second-order valence-corrected chi connectivity index (χ2v) is 7.69. The fraction of sp³-hybridized carbons (Fsp3) is 0.579. The monoisotopic (exact) mass is 377 g/mol. The Hall–Kier alpha value is -1.79. The molecule has 0 bridgehead atoms. The van der Waals surface area contributed by atoms with Gasteiger partial charge in [0, 0.05) is 50.7 Å². The zero-order valence-corrected chi connectivity index (χ0v) is 15.6. The highest BCUT2D eigenvalue weighted by Crippen LogP contribution is 2.31. The minimum absolute atomic E-state index is 0.0304. The van der Waals surface area contributed by atoms with Crippen molar-refractivity contribution in [2.45, 2.75) is 25.4 Å². The van der Waals surface area contributed by atoms with E-state index in [0.29, 0.717) is 31.1 Å². The van der Waals surface area contributed by atoms with Gasteiger partial charge in [-0.15, -0.1) is 0 Å². The Balaban J connectivity index is 1.27. The Labute approximate surface area is 158 Å². The van der Waals surface area contributed by atoms with Gasteiger partial charge in [0.2, 0.25) is 5.91 Å². The van der Waals surface area contributed by atoms with Gasteiger partial charge in [-0.3, -0.25) is 14.5 Å². The third-order valence-corrected chi connectivity index (χ3v) is 5.71. The predicted octanol–water partition coefficient (Wildman–Crippen LogP) is 1.41. The third kappa shape index (κ3) is 3.67. The topological polar surface area (TPSA) is 53.1 Å². The van der Waals surface area contributed by atoms with Gasteiger partial charge in [0.05, 0.1) is 6.54 Å². The highest BCUT2D eigenvalue weighted by atomic mass is 35.5. The van der Waals surface area contributed by atoms with E-state index in [1.807, 2.05) is 21.9 Å². The number of benzene rings is 1. The molecule has 3 aliphatic rings. The molecule has 3 aliphatic heterocycles. The van der Waals surface area contributed by atoms with E-state index in [9.17, 15) is 9.59 Å². The number of amides is 2. The van der Waals surface area contributed by atoms with E-state index in [2.05, 4.69) is 4.90 Å². The Morgan fingerprint density at radius 1 is 1.04 bits per heavy atom. The number of nitrogens with zero attached hydrogens (tertiary/aromatic N) is 3. The van der Waals surface area contributed by atoms with Crippen LogP contribution in [0, 0.1) is 0 Å². The molecule has 0 N–H and O–H groups in total. The molecule has 1 atom stereocenters. The molecular weight excluding hydrogens is 354 g/mol. The van der Waals surface area contributed by atoms with Crippen molar-refractivity contribution >= 4 is 23.4 Å². The molecular formula is C19H24ClN3O3. The van der Waals surface area contributed by atoms with Gasteiger partial charge in [0.25, 0.3) is 5.91 Å². The summed E-state index contributed by atoms with van der Waals surface area (Å²) in [6.45, 7) is 4.99. The number of piperazine rings is 1. The minimum atomic E-state index is -0.457. The number of carbonyl (C=O) groups is 2. The van der Waals surface area contributed by atoms with E-state index in [1.54, 1.807) is 6.07 Å². The molecule has 26 heavy (non-hydrogen) atoms. The summed E-state index contributed by atoms with van der Waals surface area (Å²) in [7, 11) is 0. The molecule has 4 rings (SSSR count). The minimum Gasteiger partial charge on any atom is -0.480 e. The lowest BCUT2D eigenvalue weighted by atomic mass is 10.1. The zero-order valence-electron chi connectivity index (χ0n) is 14.8. The van der Waals surface area contributed by atoms with Crippen molar-refractivity contribution in [1.82, 2.24) is 14.7 Å². The molecule has 7 heteroatoms. The molecule has 0 radical (unpaired) electrons. The Morgan fingerprint density at radius 2 is 1.77 bits per heavy atom. The van der Waals surface area contributed by atoms with E-state index in [-0.39, 0.29) is 11.8 Å². The molecule has 140 valence electrons. The maximum absolute atomic E-state index is 12.8. The predicted molar refractivity (Wildman–Crippen MR) is 98.4 cm³/mol. The first-order valence-electron chi connectivity index (χ1n) is 9.34. The van der Waals surface area contributed by atoms with E-state index < -0.39 is 6.10 Å². The van der Waals surface area contributed by atoms with Crippen LogP contribution in [0.3, 0.4) is 0 Å². The number of ether oxygens (including phenoxy) is 1. The van der Waals surface area contributed by atoms with Crippen LogP contribution < -0.4 is 4.74 Å². The largest absolute Gasteiger partial charge is 0.480 e. The third-order valence-electron chi connectivity index (χ3n) is 5.47. The molecule has 1 aromatic rings. The Bertz CT molecular complexity index is 697. The lowest BCUT2D eigenvalue weighted by Crippen LogP contribution is -2.53. The molecule has 0 saturated carbocycles. The van der Waals surface area contributed by atoms with Gasteiger partial charge in [-0.05, 0) is 36.6 Å². The molecule has 6 nitrogen and oxygen atoms in total. The molecule has 2 saturated heterocycles. The number of hydrogen-bond donors (Lipinski definition) is 0. The van der Waals surface area contributed by atoms with Crippen LogP contribution in [0.2, 0.25) is 5.02 Å². The number of rotatable bonds is 3. The van der Waals surface area contributed by atoms with E-state index in [4.69, 9.17) is 16.3 Å². The maximum Gasteiger partial charge on any atom is 0.264 e. The first-order chi connectivity index (χ1) is 12.6. The normalized spacial score (nSPS) is 23.0. The van der Waals surface area contributed by atoms with Crippen LogP contribution in [-0.4, -0.2) is 78.4 Å². The van der Waals surface area contributed by atoms with Gasteiger partial charge in [0.15, 0.2) is 6.10 Å². The van der Waals surface area contributed by atoms with Crippen molar-refractivity contribution in [2.75, 3.05) is 45.8 Å². The summed E-state index contributed by atoms with van der Waals surface area (Å²) >= 11 is 6.02. The lowest BCUT2D eigenvalue weighted by molar-refractivity contribution is -0.140. The molecule has 1 unspecified atom stereocenters. The van der Waals surface area contributed by atoms with Crippen molar-refractivity contribution in [1.29, 1.82) is 0 Å². The molecule has 2 amide bonds. The van der Waals surface area contributed by atoms with Gasteiger partial charge in [-0.1, -0.05) is 11.6 Å². The summed E-state index contributed by atoms with van der Waals surface area (Å²) in [5, 5.41) is 0.664. The first kappa shape index (κ1) is 17.6. The molecule has 2 fully saturated rings. The van der Waals surface area contributed by atoms with Crippen molar-refractivity contribution in [3.05, 3.63) is 28.8 Å². The number of fused-ring (bicyclic) bond motifs is 1. The summed E-state index contributed by atoms with van der Waals surface area (Å²) in [4.78, 5) is 31.0. The standard InChI is InChI=1S/C19H24ClN3O3/c20-15-3-4-16-14(11-15)12-17(26-16)19(25)23-9-7-21(8-10-23)13-18(24)22-5-1-2-6-22/h3-4,11,17H,1-2,5-10,12-13H2. The van der Waals surface area contributed by atoms with Crippen LogP contribution in [0.15, 0.2) is 18.2 Å². The highest BCUT2D eigenvalue weighted by Gasteiger charge is 2.34. The van der Waals surface area contributed by atoms with Gasteiger partial charge in [-0.2, -0.15) is 0 Å². The van der Waals surface area contributed by atoms with Crippen molar-refractivity contribution in [2.24, 2.45) is 0 Å². The highest BCUT2D eigenvalue weighted by molar-refractivity contribution is 6.30. The Morgan fingerprint density at radius 3 is 2.50 bits per heavy atom. The number of hydrogen-bond acceptors (Lipinski definition) is 4. The SMILES string of the molecule is O=C(CN1CCN(C(=O)C2Cc3cc(Cl)ccc3O2)CC1)N1CCCC1. The molecule has 1 aromatic carbocycles. The first-order valence-corrected chi connectivity index (χ1v) is 9.72. The molecule has 0 spiro atoms. The number of likely N-dealkylation sites (tertiary alicyclic amines) is 1. The van der Waals surface area contributed by atoms with Crippen molar-refractivity contribution in [3.63, 3.8) is 0 Å². The number of carbonyl (C=O) groups excluding carboxylic acids is 2. The quantitative estimate of drug-likeness (QED) is 0.799. The average Bonchev–Trinajstić information content (AvgIpc) is 3.31. The van der Waals surface area contributed by atoms with E-state index in [1.165, 1.54) is 0 Å². The van der Waals surface area contributed by atoms with Gasteiger partial charge >= 0.3 is 0 Å². The average molecular weight is 378 g/mol. The molecule has 0 aromatic heterocycles. The van der Waals surface area contributed by atoms with Gasteiger partial charge in [0.1, 0.15) is 5.75 Å².